The van der Waals surface area contributed by atoms with E-state index in [1.165, 1.54) is 4.88 Å². The van der Waals surface area contributed by atoms with Gasteiger partial charge in [-0.25, -0.2) is 0 Å². The summed E-state index contributed by atoms with van der Waals surface area (Å²) in [5.41, 5.74) is 5.77. The molecule has 4 rings (SSSR count). The lowest BCUT2D eigenvalue weighted by molar-refractivity contribution is -0.147. The van der Waals surface area contributed by atoms with Gasteiger partial charge in [0.2, 0.25) is 5.82 Å². The molecule has 0 aromatic carbocycles. The Hall–Kier alpha value is -2.18. The second kappa shape index (κ2) is 9.13. The van der Waals surface area contributed by atoms with Gasteiger partial charge in [-0.2, -0.15) is 23.1 Å². The molecular weight excluding hydrogens is 455 g/mol. The van der Waals surface area contributed by atoms with Gasteiger partial charge in [0.1, 0.15) is 17.3 Å². The molecule has 3 aromatic rings. The number of rotatable bonds is 6. The van der Waals surface area contributed by atoms with Crippen LogP contribution in [0.2, 0.25) is 0 Å². The number of thiophene rings is 1. The van der Waals surface area contributed by atoms with Crippen molar-refractivity contribution in [2.75, 3.05) is 18.1 Å². The monoisotopic (exact) mass is 479 g/mol. The van der Waals surface area contributed by atoms with Crippen molar-refractivity contribution in [3.8, 4) is 6.01 Å². The van der Waals surface area contributed by atoms with E-state index in [4.69, 9.17) is 10.5 Å². The molecule has 8 nitrogen and oxygen atoms in total. The summed E-state index contributed by atoms with van der Waals surface area (Å²) < 4.78 is 46.2. The van der Waals surface area contributed by atoms with Crippen LogP contribution in [0.15, 0.2) is 6.07 Å². The maximum absolute atomic E-state index is 13.1. The van der Waals surface area contributed by atoms with Gasteiger partial charge in [0, 0.05) is 25.4 Å². The summed E-state index contributed by atoms with van der Waals surface area (Å²) in [7, 11) is 0. The van der Waals surface area contributed by atoms with Crippen LogP contribution in [-0.4, -0.2) is 43.9 Å². The SMILES string of the molecule is CCCc1cc2c(N3CCn4c(nnc4C(F)(F)F)C3)nc(OCC(C)N)nc2s1.Cl.[HH]. The van der Waals surface area contributed by atoms with Gasteiger partial charge in [-0.3, -0.25) is 0 Å². The molecule has 1 aliphatic rings. The molecule has 2 N–H and O–H groups in total. The average molecular weight is 480 g/mol. The molecule has 0 spiro atoms. The van der Waals surface area contributed by atoms with E-state index in [0.717, 1.165) is 27.6 Å². The van der Waals surface area contributed by atoms with E-state index in [1.54, 1.807) is 11.3 Å². The van der Waals surface area contributed by atoms with Crippen LogP contribution >= 0.6 is 23.7 Å². The second-order valence-corrected chi connectivity index (χ2v) is 8.43. The van der Waals surface area contributed by atoms with Gasteiger partial charge in [0.25, 0.3) is 0 Å². The number of halogens is 4. The Morgan fingerprint density at radius 1 is 1.29 bits per heavy atom. The van der Waals surface area contributed by atoms with Gasteiger partial charge in [0.15, 0.2) is 5.82 Å². The topological polar surface area (TPSA) is 95.0 Å². The Balaban J connectivity index is 0.00000181. The Morgan fingerprint density at radius 2 is 2.06 bits per heavy atom. The van der Waals surface area contributed by atoms with E-state index in [0.29, 0.717) is 12.4 Å². The highest BCUT2D eigenvalue weighted by atomic mass is 35.5. The number of nitrogens with two attached hydrogens (primary N) is 1. The standard InChI is InChI=1S/C18H22F3N7OS.ClH.H2/c1-3-4-11-7-12-14(23-17(24-15(12)30-11)29-9-10(2)22)27-5-6-28-13(8-27)25-26-16(28)18(19,20)21;;/h7,10H,3-6,8-9,22H2,1-2H3;2*1H. The molecular formula is C18H25ClF3N7OS. The first kappa shape index (κ1) is 23.5. The van der Waals surface area contributed by atoms with Crippen molar-refractivity contribution < 1.29 is 19.3 Å². The van der Waals surface area contributed by atoms with E-state index < -0.39 is 12.0 Å². The van der Waals surface area contributed by atoms with Crippen molar-refractivity contribution in [3.63, 3.8) is 0 Å². The van der Waals surface area contributed by atoms with E-state index in [-0.39, 0.29) is 51.4 Å². The van der Waals surface area contributed by atoms with Crippen molar-refractivity contribution in [2.24, 2.45) is 5.73 Å². The molecule has 172 valence electrons. The normalized spacial score (nSPS) is 15.0. The van der Waals surface area contributed by atoms with Crippen molar-refractivity contribution >= 4 is 39.8 Å². The molecule has 31 heavy (non-hydrogen) atoms. The average Bonchev–Trinajstić information content (AvgIpc) is 3.28. The zero-order valence-corrected chi connectivity index (χ0v) is 18.6. The van der Waals surface area contributed by atoms with Crippen LogP contribution in [0.4, 0.5) is 19.0 Å². The third kappa shape index (κ3) is 4.85. The summed E-state index contributed by atoms with van der Waals surface area (Å²) in [6.45, 7) is 4.81. The van der Waals surface area contributed by atoms with Gasteiger partial charge in [0.05, 0.1) is 11.9 Å². The lowest BCUT2D eigenvalue weighted by Gasteiger charge is -2.29. The summed E-state index contributed by atoms with van der Waals surface area (Å²) in [6.07, 6.45) is -2.62. The quantitative estimate of drug-likeness (QED) is 0.576. The van der Waals surface area contributed by atoms with Gasteiger partial charge in [-0.05, 0) is 19.4 Å². The van der Waals surface area contributed by atoms with Crippen LogP contribution in [0, 0.1) is 0 Å². The van der Waals surface area contributed by atoms with Gasteiger partial charge in [-0.15, -0.1) is 33.9 Å². The number of aromatic nitrogens is 5. The smallest absolute Gasteiger partial charge is 0.451 e. The molecule has 0 bridgehead atoms. The fraction of sp³-hybridized carbons (Fsp3) is 0.556. The molecule has 13 heteroatoms. The highest BCUT2D eigenvalue weighted by Crippen LogP contribution is 2.35. The fourth-order valence-electron chi connectivity index (χ4n) is 3.37. The molecule has 1 aliphatic heterocycles. The van der Waals surface area contributed by atoms with Gasteiger partial charge < -0.3 is 19.9 Å². The molecule has 3 aromatic heterocycles. The molecule has 0 saturated heterocycles. The molecule has 0 saturated carbocycles. The zero-order chi connectivity index (χ0) is 21.5. The summed E-state index contributed by atoms with van der Waals surface area (Å²) in [5, 5.41) is 7.97. The van der Waals surface area contributed by atoms with E-state index in [2.05, 4.69) is 33.2 Å². The van der Waals surface area contributed by atoms with Crippen molar-refractivity contribution in [2.45, 2.75) is 52.0 Å². The number of ether oxygens (including phenoxy) is 1. The van der Waals surface area contributed by atoms with Crippen LogP contribution in [0.25, 0.3) is 10.2 Å². The van der Waals surface area contributed by atoms with E-state index in [1.807, 2.05) is 11.8 Å². The third-order valence-electron chi connectivity index (χ3n) is 4.68. The van der Waals surface area contributed by atoms with Crippen molar-refractivity contribution in [3.05, 3.63) is 22.6 Å². The summed E-state index contributed by atoms with van der Waals surface area (Å²) >= 11 is 1.57. The lowest BCUT2D eigenvalue weighted by atomic mass is 10.2. The first-order chi connectivity index (χ1) is 14.3. The molecule has 0 fully saturated rings. The van der Waals surface area contributed by atoms with Crippen molar-refractivity contribution in [1.29, 1.82) is 0 Å². The van der Waals surface area contributed by atoms with Gasteiger partial charge in [-0.1, -0.05) is 13.3 Å². The Morgan fingerprint density at radius 3 is 2.74 bits per heavy atom. The van der Waals surface area contributed by atoms with Gasteiger partial charge >= 0.3 is 12.2 Å². The summed E-state index contributed by atoms with van der Waals surface area (Å²) in [6, 6.07) is 2.08. The third-order valence-corrected chi connectivity index (χ3v) is 5.77. The maximum atomic E-state index is 13.1. The first-order valence-corrected chi connectivity index (χ1v) is 10.5. The minimum absolute atomic E-state index is 0. The molecule has 1 unspecified atom stereocenters. The highest BCUT2D eigenvalue weighted by Gasteiger charge is 2.39. The van der Waals surface area contributed by atoms with Crippen LogP contribution in [-0.2, 0) is 25.7 Å². The molecule has 0 aliphatic carbocycles. The Bertz CT molecular complexity index is 1060. The predicted molar refractivity (Wildman–Crippen MR) is 116 cm³/mol. The zero-order valence-electron chi connectivity index (χ0n) is 17.0. The lowest BCUT2D eigenvalue weighted by Crippen LogP contribution is -2.36. The Kier molecular flexibility index (Phi) is 6.92. The molecule has 0 radical (unpaired) electrons. The predicted octanol–water partition coefficient (Wildman–Crippen LogP) is 3.67. The largest absolute Gasteiger partial charge is 0.462 e. The van der Waals surface area contributed by atoms with E-state index in [9.17, 15) is 13.2 Å². The minimum Gasteiger partial charge on any atom is -0.462 e. The van der Waals surface area contributed by atoms with E-state index >= 15 is 0 Å². The van der Waals surface area contributed by atoms with Crippen molar-refractivity contribution in [1.82, 2.24) is 24.7 Å². The summed E-state index contributed by atoms with van der Waals surface area (Å²) in [4.78, 5) is 12.9. The van der Waals surface area contributed by atoms with Crippen LogP contribution in [0.3, 0.4) is 0 Å². The number of nitrogens with zero attached hydrogens (tertiary/aromatic N) is 6. The number of hydrogen-bond acceptors (Lipinski definition) is 8. The number of alkyl halides is 3. The molecule has 0 amide bonds. The second-order valence-electron chi connectivity index (χ2n) is 7.31. The van der Waals surface area contributed by atoms with Crippen LogP contribution in [0.5, 0.6) is 6.01 Å². The van der Waals surface area contributed by atoms with Crippen LogP contribution < -0.4 is 15.4 Å². The highest BCUT2D eigenvalue weighted by molar-refractivity contribution is 7.18. The minimum atomic E-state index is -4.53. The fourth-order valence-corrected chi connectivity index (χ4v) is 4.48. The summed E-state index contributed by atoms with van der Waals surface area (Å²) in [5.74, 6) is -0.0878. The number of anilines is 1. The maximum Gasteiger partial charge on any atom is 0.451 e. The number of hydrogen-bond donors (Lipinski definition) is 1. The molecule has 1 atom stereocenters. The number of fused-ring (bicyclic) bond motifs is 2. The van der Waals surface area contributed by atoms with Crippen LogP contribution in [0.1, 0.15) is 38.2 Å². The Labute approximate surface area is 188 Å². The molecule has 4 heterocycles. The number of aryl methyl sites for hydroxylation is 1. The first-order valence-electron chi connectivity index (χ1n) is 9.69.